The second kappa shape index (κ2) is 7.29. The summed E-state index contributed by atoms with van der Waals surface area (Å²) in [6.45, 7) is 11.0. The number of nitrogens with one attached hydrogen (secondary N) is 1. The van der Waals surface area contributed by atoms with Crippen molar-refractivity contribution < 1.29 is 4.74 Å². The van der Waals surface area contributed by atoms with E-state index in [9.17, 15) is 0 Å². The molecule has 0 radical (unpaired) electrons. The van der Waals surface area contributed by atoms with Crippen LogP contribution in [0.1, 0.15) is 53.4 Å². The molecule has 0 saturated heterocycles. The molecule has 3 atom stereocenters. The van der Waals surface area contributed by atoms with E-state index in [1.807, 2.05) is 0 Å². The van der Waals surface area contributed by atoms with Crippen molar-refractivity contribution in [1.29, 1.82) is 0 Å². The first-order chi connectivity index (χ1) is 7.69. The molecule has 96 valence electrons. The van der Waals surface area contributed by atoms with Crippen molar-refractivity contribution in [3.05, 3.63) is 0 Å². The number of rotatable bonds is 6. The predicted octanol–water partition coefficient (Wildman–Crippen LogP) is 3.22. The Hall–Kier alpha value is -0.0800. The first kappa shape index (κ1) is 14.0. The third-order valence-corrected chi connectivity index (χ3v) is 3.78. The van der Waals surface area contributed by atoms with Crippen LogP contribution in [0.5, 0.6) is 0 Å². The van der Waals surface area contributed by atoms with Gasteiger partial charge in [-0.1, -0.05) is 27.7 Å². The summed E-state index contributed by atoms with van der Waals surface area (Å²) in [5.74, 6) is 1.66. The number of ether oxygens (including phenoxy) is 1. The molecule has 0 amide bonds. The highest BCUT2D eigenvalue weighted by Gasteiger charge is 2.31. The van der Waals surface area contributed by atoms with Gasteiger partial charge >= 0.3 is 0 Å². The Labute approximate surface area is 101 Å². The number of likely N-dealkylation sites (N-methyl/N-ethyl adjacent to an activating group) is 1. The molecular weight excluding hydrogens is 198 g/mol. The van der Waals surface area contributed by atoms with E-state index in [0.717, 1.165) is 31.4 Å². The monoisotopic (exact) mass is 227 g/mol. The summed E-state index contributed by atoms with van der Waals surface area (Å²) in [5.41, 5.74) is 0. The van der Waals surface area contributed by atoms with Crippen LogP contribution in [0.4, 0.5) is 0 Å². The fourth-order valence-electron chi connectivity index (χ4n) is 2.71. The molecule has 0 aliphatic heterocycles. The van der Waals surface area contributed by atoms with E-state index >= 15 is 0 Å². The van der Waals surface area contributed by atoms with Crippen LogP contribution in [-0.2, 0) is 4.74 Å². The average Bonchev–Trinajstić information content (AvgIpc) is 2.27. The first-order valence-corrected chi connectivity index (χ1v) is 7.04. The predicted molar refractivity (Wildman–Crippen MR) is 69.7 cm³/mol. The van der Waals surface area contributed by atoms with Gasteiger partial charge in [-0.3, -0.25) is 0 Å². The molecule has 1 aliphatic rings. The van der Waals surface area contributed by atoms with Gasteiger partial charge in [-0.15, -0.1) is 0 Å². The summed E-state index contributed by atoms with van der Waals surface area (Å²) < 4.78 is 6.02. The maximum absolute atomic E-state index is 6.02. The quantitative estimate of drug-likeness (QED) is 0.752. The third kappa shape index (κ3) is 4.06. The maximum atomic E-state index is 6.02. The Kier molecular flexibility index (Phi) is 6.37. The van der Waals surface area contributed by atoms with Crippen LogP contribution in [0.15, 0.2) is 0 Å². The molecule has 2 nitrogen and oxygen atoms in total. The van der Waals surface area contributed by atoms with Gasteiger partial charge in [-0.2, -0.15) is 0 Å². The highest BCUT2D eigenvalue weighted by Crippen LogP contribution is 2.31. The number of hydrogen-bond acceptors (Lipinski definition) is 2. The Bertz CT molecular complexity index is 182. The van der Waals surface area contributed by atoms with Gasteiger partial charge in [-0.05, 0) is 44.1 Å². The zero-order valence-corrected chi connectivity index (χ0v) is 11.5. The molecule has 0 aromatic heterocycles. The Morgan fingerprint density at radius 3 is 2.56 bits per heavy atom. The van der Waals surface area contributed by atoms with Gasteiger partial charge in [0.05, 0.1) is 6.10 Å². The zero-order chi connectivity index (χ0) is 12.0. The molecule has 0 aromatic rings. The maximum Gasteiger partial charge on any atom is 0.0730 e. The van der Waals surface area contributed by atoms with Crippen molar-refractivity contribution in [3.8, 4) is 0 Å². The fourth-order valence-corrected chi connectivity index (χ4v) is 2.71. The molecular formula is C14H29NO. The summed E-state index contributed by atoms with van der Waals surface area (Å²) in [5, 5.41) is 3.58. The number of hydrogen-bond donors (Lipinski definition) is 1. The normalized spacial score (nSPS) is 30.9. The van der Waals surface area contributed by atoms with E-state index in [1.54, 1.807) is 0 Å². The third-order valence-electron chi connectivity index (χ3n) is 3.78. The minimum Gasteiger partial charge on any atom is -0.377 e. The van der Waals surface area contributed by atoms with Gasteiger partial charge in [0.15, 0.2) is 0 Å². The summed E-state index contributed by atoms with van der Waals surface area (Å²) in [6, 6.07) is 0.589. The van der Waals surface area contributed by atoms with Gasteiger partial charge in [0.1, 0.15) is 0 Å². The second-order valence-corrected chi connectivity index (χ2v) is 5.39. The van der Waals surface area contributed by atoms with Crippen molar-refractivity contribution in [3.63, 3.8) is 0 Å². The van der Waals surface area contributed by atoms with Crippen LogP contribution in [0.3, 0.4) is 0 Å². The summed E-state index contributed by atoms with van der Waals surface area (Å²) in [6.07, 6.45) is 5.46. The van der Waals surface area contributed by atoms with Crippen molar-refractivity contribution in [2.75, 3.05) is 13.2 Å². The molecule has 0 bridgehead atoms. The molecule has 0 heterocycles. The van der Waals surface area contributed by atoms with Crippen molar-refractivity contribution in [2.24, 2.45) is 11.8 Å². The molecule has 16 heavy (non-hydrogen) atoms. The molecule has 0 aromatic carbocycles. The van der Waals surface area contributed by atoms with Crippen molar-refractivity contribution in [1.82, 2.24) is 5.32 Å². The molecule has 3 unspecified atom stereocenters. The molecule has 1 fully saturated rings. The molecule has 1 aliphatic carbocycles. The summed E-state index contributed by atoms with van der Waals surface area (Å²) in [4.78, 5) is 0. The summed E-state index contributed by atoms with van der Waals surface area (Å²) >= 11 is 0. The smallest absolute Gasteiger partial charge is 0.0730 e. The lowest BCUT2D eigenvalue weighted by molar-refractivity contribution is -0.0159. The average molecular weight is 227 g/mol. The van der Waals surface area contributed by atoms with E-state index in [-0.39, 0.29) is 0 Å². The van der Waals surface area contributed by atoms with Gasteiger partial charge < -0.3 is 10.1 Å². The molecule has 1 saturated carbocycles. The minimum atomic E-state index is 0.445. The topological polar surface area (TPSA) is 21.3 Å². The highest BCUT2D eigenvalue weighted by molar-refractivity contribution is 4.86. The van der Waals surface area contributed by atoms with Crippen LogP contribution in [0.25, 0.3) is 0 Å². The van der Waals surface area contributed by atoms with Gasteiger partial charge in [0.25, 0.3) is 0 Å². The van der Waals surface area contributed by atoms with E-state index < -0.39 is 0 Å². The van der Waals surface area contributed by atoms with Crippen molar-refractivity contribution >= 4 is 0 Å². The second-order valence-electron chi connectivity index (χ2n) is 5.39. The largest absolute Gasteiger partial charge is 0.377 e. The van der Waals surface area contributed by atoms with Gasteiger partial charge in [0, 0.05) is 12.6 Å². The lowest BCUT2D eigenvalue weighted by atomic mass is 9.78. The van der Waals surface area contributed by atoms with Crippen LogP contribution in [0.2, 0.25) is 0 Å². The van der Waals surface area contributed by atoms with E-state index in [2.05, 4.69) is 33.0 Å². The van der Waals surface area contributed by atoms with Crippen molar-refractivity contribution in [2.45, 2.75) is 65.5 Å². The molecule has 1 rings (SSSR count). The van der Waals surface area contributed by atoms with Gasteiger partial charge in [-0.25, -0.2) is 0 Å². The Morgan fingerprint density at radius 1 is 1.25 bits per heavy atom. The molecule has 2 heteroatoms. The lowest BCUT2D eigenvalue weighted by Crippen LogP contribution is -2.46. The zero-order valence-electron chi connectivity index (χ0n) is 11.5. The SMILES string of the molecule is CCCOC1CC(C(C)C)CCC1NCC. The standard InChI is InChI=1S/C14H29NO/c1-5-9-16-14-10-12(11(3)4)7-8-13(14)15-6-2/h11-15H,5-10H2,1-4H3. The fraction of sp³-hybridized carbons (Fsp3) is 1.00. The van der Waals surface area contributed by atoms with Crippen LogP contribution in [-0.4, -0.2) is 25.3 Å². The summed E-state index contributed by atoms with van der Waals surface area (Å²) in [7, 11) is 0. The highest BCUT2D eigenvalue weighted by atomic mass is 16.5. The molecule has 1 N–H and O–H groups in total. The van der Waals surface area contributed by atoms with Crippen LogP contribution >= 0.6 is 0 Å². The van der Waals surface area contributed by atoms with Gasteiger partial charge in [0.2, 0.25) is 0 Å². The molecule has 0 spiro atoms. The van der Waals surface area contributed by atoms with E-state index in [4.69, 9.17) is 4.74 Å². The minimum absolute atomic E-state index is 0.445. The Balaban J connectivity index is 2.47. The van der Waals surface area contributed by atoms with E-state index in [1.165, 1.54) is 19.3 Å². The lowest BCUT2D eigenvalue weighted by Gasteiger charge is -2.38. The van der Waals surface area contributed by atoms with E-state index in [0.29, 0.717) is 12.1 Å². The van der Waals surface area contributed by atoms with Crippen LogP contribution in [0, 0.1) is 11.8 Å². The Morgan fingerprint density at radius 2 is 2.00 bits per heavy atom. The first-order valence-electron chi connectivity index (χ1n) is 7.04. The van der Waals surface area contributed by atoms with Crippen LogP contribution < -0.4 is 5.32 Å².